The zero-order valence-corrected chi connectivity index (χ0v) is 13.5. The summed E-state index contributed by atoms with van der Waals surface area (Å²) < 4.78 is 42.8. The molecule has 0 saturated carbocycles. The third kappa shape index (κ3) is 4.36. The van der Waals surface area contributed by atoms with Gasteiger partial charge in [-0.2, -0.15) is 13.2 Å². The zero-order valence-electron chi connectivity index (χ0n) is 13.5. The Labute approximate surface area is 138 Å². The number of aromatic nitrogens is 1. The largest absolute Gasteiger partial charge is 0.416 e. The average molecular weight is 339 g/mol. The minimum atomic E-state index is -4.27. The highest BCUT2D eigenvalue weighted by Gasteiger charge is 2.30. The summed E-state index contributed by atoms with van der Waals surface area (Å²) in [6.45, 7) is 6.91. The Hall–Kier alpha value is -1.86. The molecule has 2 heterocycles. The maximum Gasteiger partial charge on any atom is 0.416 e. The number of halogens is 3. The van der Waals surface area contributed by atoms with Crippen LogP contribution >= 0.6 is 0 Å². The van der Waals surface area contributed by atoms with Crippen molar-refractivity contribution in [1.29, 1.82) is 0 Å². The molecular formula is C17H20F3N3O. The summed E-state index contributed by atoms with van der Waals surface area (Å²) in [6, 6.07) is 7.37. The van der Waals surface area contributed by atoms with Crippen molar-refractivity contribution in [1.82, 2.24) is 15.0 Å². The lowest BCUT2D eigenvalue weighted by atomic mass is 10.1. The molecule has 0 spiro atoms. The minimum absolute atomic E-state index is 0.598. The predicted octanol–water partition coefficient (Wildman–Crippen LogP) is 3.32. The van der Waals surface area contributed by atoms with Gasteiger partial charge in [0.05, 0.1) is 11.3 Å². The van der Waals surface area contributed by atoms with Crippen molar-refractivity contribution in [3.05, 3.63) is 52.9 Å². The summed E-state index contributed by atoms with van der Waals surface area (Å²) in [7, 11) is 0. The van der Waals surface area contributed by atoms with E-state index in [4.69, 9.17) is 4.52 Å². The number of aryl methyl sites for hydroxylation is 1. The Morgan fingerprint density at radius 3 is 2.08 bits per heavy atom. The van der Waals surface area contributed by atoms with Gasteiger partial charge in [0.1, 0.15) is 5.76 Å². The lowest BCUT2D eigenvalue weighted by Gasteiger charge is -2.34. The highest BCUT2D eigenvalue weighted by atomic mass is 19.4. The number of hydrogen-bond donors (Lipinski definition) is 0. The third-order valence-corrected chi connectivity index (χ3v) is 4.21. The van der Waals surface area contributed by atoms with Crippen LogP contribution in [0.3, 0.4) is 0 Å². The molecule has 1 aliphatic rings. The van der Waals surface area contributed by atoms with Crippen LogP contribution in [0.4, 0.5) is 13.2 Å². The first-order chi connectivity index (χ1) is 11.4. The Morgan fingerprint density at radius 1 is 1.00 bits per heavy atom. The minimum Gasteiger partial charge on any atom is -0.361 e. The summed E-state index contributed by atoms with van der Waals surface area (Å²) >= 11 is 0. The molecule has 1 aromatic heterocycles. The van der Waals surface area contributed by atoms with Gasteiger partial charge in [0.15, 0.2) is 0 Å². The van der Waals surface area contributed by atoms with Gasteiger partial charge in [-0.1, -0.05) is 17.3 Å². The van der Waals surface area contributed by atoms with E-state index >= 15 is 0 Å². The molecule has 0 aliphatic carbocycles. The summed E-state index contributed by atoms with van der Waals surface area (Å²) in [4.78, 5) is 4.56. The molecule has 1 aliphatic heterocycles. The number of hydrogen-bond acceptors (Lipinski definition) is 4. The van der Waals surface area contributed by atoms with Crippen molar-refractivity contribution in [2.45, 2.75) is 26.2 Å². The fourth-order valence-electron chi connectivity index (χ4n) is 2.88. The van der Waals surface area contributed by atoms with Crippen LogP contribution < -0.4 is 0 Å². The van der Waals surface area contributed by atoms with Crippen LogP contribution in [-0.4, -0.2) is 41.1 Å². The van der Waals surface area contributed by atoms with Crippen LogP contribution in [0.2, 0.25) is 0 Å². The Bertz CT molecular complexity index is 658. The van der Waals surface area contributed by atoms with E-state index in [1.165, 1.54) is 0 Å². The van der Waals surface area contributed by atoms with Gasteiger partial charge in [-0.25, -0.2) is 0 Å². The maximum atomic E-state index is 12.6. The molecule has 130 valence electrons. The van der Waals surface area contributed by atoms with Gasteiger partial charge in [0.2, 0.25) is 0 Å². The maximum absolute atomic E-state index is 12.6. The molecule has 0 unspecified atom stereocenters. The van der Waals surface area contributed by atoms with Crippen molar-refractivity contribution < 1.29 is 17.7 Å². The second-order valence-corrected chi connectivity index (χ2v) is 6.18. The van der Waals surface area contributed by atoms with E-state index in [9.17, 15) is 13.2 Å². The molecule has 7 heteroatoms. The lowest BCUT2D eigenvalue weighted by Crippen LogP contribution is -2.45. The molecule has 0 amide bonds. The third-order valence-electron chi connectivity index (χ3n) is 4.21. The highest BCUT2D eigenvalue weighted by Crippen LogP contribution is 2.29. The van der Waals surface area contributed by atoms with Crippen LogP contribution in [0.5, 0.6) is 0 Å². The van der Waals surface area contributed by atoms with E-state index in [0.717, 1.165) is 61.9 Å². The molecule has 1 fully saturated rings. The summed E-state index contributed by atoms with van der Waals surface area (Å²) in [5.41, 5.74) is 1.24. The van der Waals surface area contributed by atoms with E-state index in [0.29, 0.717) is 6.54 Å². The molecule has 0 atom stereocenters. The van der Waals surface area contributed by atoms with Gasteiger partial charge >= 0.3 is 6.18 Å². The zero-order chi connectivity index (χ0) is 17.2. The first kappa shape index (κ1) is 17.0. The van der Waals surface area contributed by atoms with Crippen LogP contribution in [0, 0.1) is 6.92 Å². The molecule has 24 heavy (non-hydrogen) atoms. The molecule has 1 saturated heterocycles. The summed E-state index contributed by atoms with van der Waals surface area (Å²) in [5.74, 6) is 0.811. The van der Waals surface area contributed by atoms with Crippen molar-refractivity contribution in [3.63, 3.8) is 0 Å². The average Bonchev–Trinajstić information content (AvgIpc) is 2.94. The van der Waals surface area contributed by atoms with Crippen LogP contribution in [0.25, 0.3) is 0 Å². The summed E-state index contributed by atoms with van der Waals surface area (Å²) in [5, 5.41) is 4.00. The number of piperazine rings is 1. The van der Waals surface area contributed by atoms with Crippen molar-refractivity contribution in [3.8, 4) is 0 Å². The fourth-order valence-corrected chi connectivity index (χ4v) is 2.88. The summed E-state index contributed by atoms with van der Waals surface area (Å²) in [6.07, 6.45) is -4.27. The SMILES string of the molecule is Cc1cc(CN2CCN(Cc3ccc(C(F)(F)F)cc3)CC2)no1. The first-order valence-corrected chi connectivity index (χ1v) is 7.93. The number of rotatable bonds is 4. The second-order valence-electron chi connectivity index (χ2n) is 6.18. The Morgan fingerprint density at radius 2 is 1.58 bits per heavy atom. The molecule has 0 bridgehead atoms. The first-order valence-electron chi connectivity index (χ1n) is 7.93. The van der Waals surface area contributed by atoms with E-state index in [1.54, 1.807) is 12.1 Å². The van der Waals surface area contributed by atoms with Gasteiger partial charge in [-0.15, -0.1) is 0 Å². The van der Waals surface area contributed by atoms with E-state index in [1.807, 2.05) is 13.0 Å². The molecule has 4 nitrogen and oxygen atoms in total. The normalized spacial score (nSPS) is 17.3. The molecule has 0 N–H and O–H groups in total. The number of nitrogens with zero attached hydrogens (tertiary/aromatic N) is 3. The van der Waals surface area contributed by atoms with Crippen molar-refractivity contribution in [2.24, 2.45) is 0 Å². The van der Waals surface area contributed by atoms with E-state index in [2.05, 4.69) is 15.0 Å². The molecule has 0 radical (unpaired) electrons. The number of benzene rings is 1. The highest BCUT2D eigenvalue weighted by molar-refractivity contribution is 5.24. The second kappa shape index (κ2) is 6.94. The molecule has 2 aromatic rings. The van der Waals surface area contributed by atoms with E-state index < -0.39 is 11.7 Å². The lowest BCUT2D eigenvalue weighted by molar-refractivity contribution is -0.137. The van der Waals surface area contributed by atoms with Crippen LogP contribution in [-0.2, 0) is 19.3 Å². The standard InChI is InChI=1S/C17H20F3N3O/c1-13-10-16(21-24-13)12-23-8-6-22(7-9-23)11-14-2-4-15(5-3-14)17(18,19)20/h2-5,10H,6-9,11-12H2,1H3. The Kier molecular flexibility index (Phi) is 4.91. The van der Waals surface area contributed by atoms with E-state index in [-0.39, 0.29) is 0 Å². The monoisotopic (exact) mass is 339 g/mol. The van der Waals surface area contributed by atoms with Gasteiger partial charge in [0, 0.05) is 45.3 Å². The van der Waals surface area contributed by atoms with Gasteiger partial charge in [-0.05, 0) is 24.6 Å². The Balaban J connectivity index is 1.48. The van der Waals surface area contributed by atoms with Gasteiger partial charge < -0.3 is 4.52 Å². The molecule has 3 rings (SSSR count). The molecular weight excluding hydrogens is 319 g/mol. The molecule has 1 aromatic carbocycles. The van der Waals surface area contributed by atoms with Crippen LogP contribution in [0.1, 0.15) is 22.6 Å². The van der Waals surface area contributed by atoms with Crippen molar-refractivity contribution in [2.75, 3.05) is 26.2 Å². The van der Waals surface area contributed by atoms with Gasteiger partial charge in [-0.3, -0.25) is 9.80 Å². The van der Waals surface area contributed by atoms with Crippen molar-refractivity contribution >= 4 is 0 Å². The van der Waals surface area contributed by atoms with Gasteiger partial charge in [0.25, 0.3) is 0 Å². The smallest absolute Gasteiger partial charge is 0.361 e. The topological polar surface area (TPSA) is 32.5 Å². The number of alkyl halides is 3. The quantitative estimate of drug-likeness (QED) is 0.855. The predicted molar refractivity (Wildman–Crippen MR) is 83.2 cm³/mol. The van der Waals surface area contributed by atoms with Crippen LogP contribution in [0.15, 0.2) is 34.9 Å². The fraction of sp³-hybridized carbons (Fsp3) is 0.471.